The summed E-state index contributed by atoms with van der Waals surface area (Å²) in [7, 11) is 0. The Morgan fingerprint density at radius 1 is 1.05 bits per heavy atom. The van der Waals surface area contributed by atoms with Gasteiger partial charge >= 0.3 is 6.18 Å². The summed E-state index contributed by atoms with van der Waals surface area (Å²) in [6.45, 7) is 0. The highest BCUT2D eigenvalue weighted by Crippen LogP contribution is 2.35. The zero-order valence-electron chi connectivity index (χ0n) is 9.70. The molecule has 1 aliphatic rings. The molecular weight excluding hydrogens is 297 g/mol. The molecular formula is C13H6ClF3O3. The number of ketones is 2. The maximum Gasteiger partial charge on any atom is 0.416 e. The van der Waals surface area contributed by atoms with Crippen LogP contribution in [0.5, 0.6) is 5.75 Å². The molecule has 0 unspecified atom stereocenters. The summed E-state index contributed by atoms with van der Waals surface area (Å²) < 4.78 is 42.5. The molecule has 0 fully saturated rings. The Hall–Kier alpha value is -2.08. The molecule has 20 heavy (non-hydrogen) atoms. The molecule has 0 aromatic heterocycles. The largest absolute Gasteiger partial charge is 0.456 e. The average Bonchev–Trinajstić information content (AvgIpc) is 2.35. The van der Waals surface area contributed by atoms with Gasteiger partial charge in [-0.05, 0) is 30.4 Å². The Balaban J connectivity index is 2.24. The summed E-state index contributed by atoms with van der Waals surface area (Å²) in [5.41, 5.74) is -0.908. The molecule has 1 aliphatic carbocycles. The number of hydrogen-bond acceptors (Lipinski definition) is 3. The van der Waals surface area contributed by atoms with Crippen LogP contribution in [0.4, 0.5) is 13.2 Å². The fourth-order valence-electron chi connectivity index (χ4n) is 1.44. The maximum absolute atomic E-state index is 12.4. The van der Waals surface area contributed by atoms with Gasteiger partial charge in [-0.3, -0.25) is 9.59 Å². The molecule has 7 heteroatoms. The second kappa shape index (κ2) is 5.13. The minimum atomic E-state index is -4.51. The van der Waals surface area contributed by atoms with Crippen LogP contribution in [-0.2, 0) is 15.8 Å². The van der Waals surface area contributed by atoms with Crippen molar-refractivity contribution >= 4 is 23.2 Å². The van der Waals surface area contributed by atoms with Gasteiger partial charge in [0.1, 0.15) is 11.5 Å². The topological polar surface area (TPSA) is 43.4 Å². The third-order valence-electron chi connectivity index (χ3n) is 2.40. The van der Waals surface area contributed by atoms with Gasteiger partial charge in [0.25, 0.3) is 0 Å². The van der Waals surface area contributed by atoms with E-state index in [-0.39, 0.29) is 16.5 Å². The van der Waals surface area contributed by atoms with Crippen molar-refractivity contribution < 1.29 is 27.5 Å². The smallest absolute Gasteiger partial charge is 0.416 e. The van der Waals surface area contributed by atoms with Gasteiger partial charge < -0.3 is 4.74 Å². The fourth-order valence-corrected chi connectivity index (χ4v) is 1.66. The third kappa shape index (κ3) is 3.08. The second-order valence-electron chi connectivity index (χ2n) is 3.85. The zero-order chi connectivity index (χ0) is 14.9. The van der Waals surface area contributed by atoms with Crippen LogP contribution in [0.25, 0.3) is 0 Å². The standard InChI is InChI=1S/C13H6ClF3O3/c14-9-5-7(13(15,16)17)1-4-12(9)20-8-2-3-10(18)11(19)6-8/h1-6H. The van der Waals surface area contributed by atoms with Crippen molar-refractivity contribution in [3.8, 4) is 5.75 Å². The van der Waals surface area contributed by atoms with Crippen molar-refractivity contribution in [1.29, 1.82) is 0 Å². The lowest BCUT2D eigenvalue weighted by Crippen LogP contribution is -2.13. The van der Waals surface area contributed by atoms with Crippen LogP contribution in [0, 0.1) is 0 Å². The molecule has 1 aromatic rings. The van der Waals surface area contributed by atoms with Crippen LogP contribution in [0.15, 0.2) is 42.2 Å². The van der Waals surface area contributed by atoms with Crippen molar-refractivity contribution in [2.45, 2.75) is 6.18 Å². The predicted molar refractivity (Wildman–Crippen MR) is 64.3 cm³/mol. The van der Waals surface area contributed by atoms with Crippen LogP contribution >= 0.6 is 11.6 Å². The molecule has 0 saturated carbocycles. The highest BCUT2D eigenvalue weighted by atomic mass is 35.5. The maximum atomic E-state index is 12.4. The van der Waals surface area contributed by atoms with Gasteiger partial charge in [-0.1, -0.05) is 11.6 Å². The van der Waals surface area contributed by atoms with E-state index in [1.165, 1.54) is 6.08 Å². The summed E-state index contributed by atoms with van der Waals surface area (Å²) in [5.74, 6) is -1.49. The van der Waals surface area contributed by atoms with Gasteiger partial charge in [0.2, 0.25) is 11.6 Å². The summed E-state index contributed by atoms with van der Waals surface area (Å²) >= 11 is 5.69. The summed E-state index contributed by atoms with van der Waals surface area (Å²) in [6, 6.07) is 2.57. The molecule has 0 heterocycles. The predicted octanol–water partition coefficient (Wildman–Crippen LogP) is 3.33. The molecule has 2 rings (SSSR count). The van der Waals surface area contributed by atoms with Crippen LogP contribution in [0.1, 0.15) is 5.56 Å². The van der Waals surface area contributed by atoms with E-state index in [1.54, 1.807) is 0 Å². The van der Waals surface area contributed by atoms with Crippen LogP contribution in [0.2, 0.25) is 5.02 Å². The second-order valence-corrected chi connectivity index (χ2v) is 4.26. The number of ether oxygens (including phenoxy) is 1. The SMILES string of the molecule is O=C1C=CC(Oc2ccc(C(F)(F)F)cc2Cl)=CC1=O. The van der Waals surface area contributed by atoms with Crippen LogP contribution in [-0.4, -0.2) is 11.6 Å². The van der Waals surface area contributed by atoms with Crippen molar-refractivity contribution in [2.24, 2.45) is 0 Å². The summed E-state index contributed by atoms with van der Waals surface area (Å²) in [4.78, 5) is 22.1. The van der Waals surface area contributed by atoms with Gasteiger partial charge in [0.05, 0.1) is 10.6 Å². The monoisotopic (exact) mass is 302 g/mol. The lowest BCUT2D eigenvalue weighted by molar-refractivity contribution is -0.137. The molecule has 0 amide bonds. The highest BCUT2D eigenvalue weighted by Gasteiger charge is 2.31. The Labute approximate surface area is 116 Å². The molecule has 1 aromatic carbocycles. The Morgan fingerprint density at radius 2 is 1.75 bits per heavy atom. The van der Waals surface area contributed by atoms with E-state index in [2.05, 4.69) is 0 Å². The molecule has 0 bridgehead atoms. The van der Waals surface area contributed by atoms with Gasteiger partial charge in [-0.15, -0.1) is 0 Å². The molecule has 0 aliphatic heterocycles. The number of hydrogen-bond donors (Lipinski definition) is 0. The molecule has 0 radical (unpaired) electrons. The minimum absolute atomic E-state index is 0.0243. The first kappa shape index (κ1) is 14.3. The van der Waals surface area contributed by atoms with Crippen molar-refractivity contribution in [1.82, 2.24) is 0 Å². The Kier molecular flexibility index (Phi) is 3.67. The first-order valence-corrected chi connectivity index (χ1v) is 5.68. The van der Waals surface area contributed by atoms with E-state index in [4.69, 9.17) is 16.3 Å². The Bertz CT molecular complexity index is 645. The molecule has 0 atom stereocenters. The number of carbonyl (C=O) groups is 2. The van der Waals surface area contributed by atoms with Gasteiger partial charge in [0.15, 0.2) is 0 Å². The number of halogens is 4. The Morgan fingerprint density at radius 3 is 2.30 bits per heavy atom. The van der Waals surface area contributed by atoms with E-state index in [1.807, 2.05) is 0 Å². The average molecular weight is 303 g/mol. The molecule has 0 saturated heterocycles. The van der Waals surface area contributed by atoms with Crippen LogP contribution < -0.4 is 4.74 Å². The number of rotatable bonds is 2. The van der Waals surface area contributed by atoms with E-state index in [0.29, 0.717) is 0 Å². The zero-order valence-corrected chi connectivity index (χ0v) is 10.5. The fraction of sp³-hybridized carbons (Fsp3) is 0.0769. The summed E-state index contributed by atoms with van der Waals surface area (Å²) in [6.07, 6.45) is -1.32. The minimum Gasteiger partial charge on any atom is -0.456 e. The lowest BCUT2D eigenvalue weighted by Gasteiger charge is -2.12. The third-order valence-corrected chi connectivity index (χ3v) is 2.70. The molecule has 104 valence electrons. The quantitative estimate of drug-likeness (QED) is 0.622. The number of carbonyl (C=O) groups excluding carboxylic acids is 2. The van der Waals surface area contributed by atoms with E-state index in [9.17, 15) is 22.8 Å². The molecule has 3 nitrogen and oxygen atoms in total. The number of allylic oxidation sites excluding steroid dienone is 3. The van der Waals surface area contributed by atoms with Crippen molar-refractivity contribution in [3.63, 3.8) is 0 Å². The van der Waals surface area contributed by atoms with Gasteiger partial charge in [-0.2, -0.15) is 13.2 Å². The van der Waals surface area contributed by atoms with Gasteiger partial charge in [-0.25, -0.2) is 0 Å². The van der Waals surface area contributed by atoms with Crippen molar-refractivity contribution in [2.75, 3.05) is 0 Å². The van der Waals surface area contributed by atoms with E-state index in [0.717, 1.165) is 30.4 Å². The van der Waals surface area contributed by atoms with Crippen LogP contribution in [0.3, 0.4) is 0 Å². The summed E-state index contributed by atoms with van der Waals surface area (Å²) in [5, 5.41) is -0.251. The van der Waals surface area contributed by atoms with E-state index >= 15 is 0 Å². The molecule has 0 N–H and O–H groups in total. The number of alkyl halides is 3. The number of benzene rings is 1. The first-order valence-electron chi connectivity index (χ1n) is 5.30. The van der Waals surface area contributed by atoms with Crippen molar-refractivity contribution in [3.05, 3.63) is 52.8 Å². The normalized spacial score (nSPS) is 15.3. The highest BCUT2D eigenvalue weighted by molar-refractivity contribution is 6.46. The lowest BCUT2D eigenvalue weighted by atomic mass is 10.1. The molecule has 0 spiro atoms. The first-order chi connectivity index (χ1) is 9.27. The van der Waals surface area contributed by atoms with E-state index < -0.39 is 23.3 Å². The van der Waals surface area contributed by atoms with Gasteiger partial charge in [0, 0.05) is 6.08 Å².